The summed E-state index contributed by atoms with van der Waals surface area (Å²) in [6.45, 7) is 2.42. The maximum Gasteiger partial charge on any atom is 0.213 e. The highest BCUT2D eigenvalue weighted by Crippen LogP contribution is 2.23. The summed E-state index contributed by atoms with van der Waals surface area (Å²) in [5.74, 6) is -0.184. The summed E-state index contributed by atoms with van der Waals surface area (Å²) < 4.78 is 1.88. The van der Waals surface area contributed by atoms with Crippen LogP contribution in [-0.4, -0.2) is 20.4 Å². The lowest BCUT2D eigenvalue weighted by Crippen LogP contribution is -2.11. The molecule has 0 unspecified atom stereocenters. The number of aromatic nitrogens is 2. The van der Waals surface area contributed by atoms with Gasteiger partial charge in [0, 0.05) is 24.3 Å². The summed E-state index contributed by atoms with van der Waals surface area (Å²) in [7, 11) is 0. The molecule has 0 aliphatic heterocycles. The first-order chi connectivity index (χ1) is 12.6. The van der Waals surface area contributed by atoms with Crippen LogP contribution < -0.4 is 0 Å². The van der Waals surface area contributed by atoms with Gasteiger partial charge in [0.1, 0.15) is 5.75 Å². The van der Waals surface area contributed by atoms with Crippen LogP contribution in [0.3, 0.4) is 0 Å². The van der Waals surface area contributed by atoms with Gasteiger partial charge in [0.05, 0.1) is 16.8 Å². The molecule has 4 aromatic rings. The highest BCUT2D eigenvalue weighted by Gasteiger charge is 2.17. The van der Waals surface area contributed by atoms with Gasteiger partial charge >= 0.3 is 0 Å². The van der Waals surface area contributed by atoms with Crippen LogP contribution in [0.5, 0.6) is 5.75 Å². The standard InChI is InChI=1S/C22H18N2O2/c1-15-8-9-18(21(25)11-15)22(26)20-7-4-10-24(20)14-16-12-17-5-2-3-6-19(17)23-13-16/h2-13,25H,14H2,1H3. The Morgan fingerprint density at radius 2 is 1.92 bits per heavy atom. The molecule has 0 bridgehead atoms. The zero-order chi connectivity index (χ0) is 18.1. The van der Waals surface area contributed by atoms with Crippen LogP contribution in [0.4, 0.5) is 0 Å². The van der Waals surface area contributed by atoms with E-state index in [0.717, 1.165) is 22.0 Å². The molecule has 0 radical (unpaired) electrons. The lowest BCUT2D eigenvalue weighted by Gasteiger charge is -2.10. The maximum atomic E-state index is 12.9. The van der Waals surface area contributed by atoms with Crippen molar-refractivity contribution < 1.29 is 9.90 Å². The second-order valence-electron chi connectivity index (χ2n) is 6.41. The van der Waals surface area contributed by atoms with Crippen molar-refractivity contribution in [1.29, 1.82) is 0 Å². The number of para-hydroxylation sites is 1. The van der Waals surface area contributed by atoms with Crippen molar-refractivity contribution in [2.24, 2.45) is 0 Å². The van der Waals surface area contributed by atoms with E-state index in [2.05, 4.69) is 11.1 Å². The zero-order valence-electron chi connectivity index (χ0n) is 14.4. The normalized spacial score (nSPS) is 11.0. The molecule has 2 aromatic heterocycles. The molecule has 0 fully saturated rings. The van der Waals surface area contributed by atoms with Gasteiger partial charge < -0.3 is 9.67 Å². The minimum Gasteiger partial charge on any atom is -0.507 e. The SMILES string of the molecule is Cc1ccc(C(=O)c2cccn2Cc2cnc3ccccc3c2)c(O)c1. The van der Waals surface area contributed by atoms with Gasteiger partial charge in [-0.3, -0.25) is 9.78 Å². The number of aromatic hydroxyl groups is 1. The summed E-state index contributed by atoms with van der Waals surface area (Å²) in [6.07, 6.45) is 3.70. The van der Waals surface area contributed by atoms with E-state index in [9.17, 15) is 9.90 Å². The van der Waals surface area contributed by atoms with E-state index in [0.29, 0.717) is 17.8 Å². The van der Waals surface area contributed by atoms with Crippen LogP contribution in [0.1, 0.15) is 27.2 Å². The Balaban J connectivity index is 1.66. The summed E-state index contributed by atoms with van der Waals surface area (Å²) in [4.78, 5) is 17.3. The van der Waals surface area contributed by atoms with E-state index in [-0.39, 0.29) is 11.5 Å². The fourth-order valence-corrected chi connectivity index (χ4v) is 3.13. The molecule has 0 saturated heterocycles. The molecule has 4 nitrogen and oxygen atoms in total. The molecule has 1 N–H and O–H groups in total. The molecule has 4 heteroatoms. The first-order valence-corrected chi connectivity index (χ1v) is 8.45. The van der Waals surface area contributed by atoms with Gasteiger partial charge in [-0.1, -0.05) is 24.3 Å². The number of carbonyl (C=O) groups is 1. The number of phenols is 1. The number of ketones is 1. The first kappa shape index (κ1) is 16.1. The van der Waals surface area contributed by atoms with Gasteiger partial charge in [-0.05, 0) is 54.4 Å². The Kier molecular flexibility index (Phi) is 4.01. The number of benzene rings is 2. The molecule has 0 aliphatic rings. The van der Waals surface area contributed by atoms with Crippen LogP contribution in [0.15, 0.2) is 73.1 Å². The number of pyridine rings is 1. The molecule has 2 heterocycles. The molecule has 0 amide bonds. The predicted octanol–water partition coefficient (Wildman–Crippen LogP) is 4.33. The van der Waals surface area contributed by atoms with E-state index in [1.54, 1.807) is 18.2 Å². The van der Waals surface area contributed by atoms with Crippen LogP contribution in [0.2, 0.25) is 0 Å². The molecule has 26 heavy (non-hydrogen) atoms. The zero-order valence-corrected chi connectivity index (χ0v) is 14.4. The van der Waals surface area contributed by atoms with Crippen LogP contribution >= 0.6 is 0 Å². The van der Waals surface area contributed by atoms with Crippen LogP contribution in [0, 0.1) is 6.92 Å². The lowest BCUT2D eigenvalue weighted by atomic mass is 10.0. The molecule has 4 rings (SSSR count). The Morgan fingerprint density at radius 1 is 1.08 bits per heavy atom. The molecular weight excluding hydrogens is 324 g/mol. The minimum atomic E-state index is -0.193. The van der Waals surface area contributed by atoms with Gasteiger partial charge in [-0.15, -0.1) is 0 Å². The van der Waals surface area contributed by atoms with Crippen molar-refractivity contribution in [3.05, 3.63) is 95.4 Å². The van der Waals surface area contributed by atoms with E-state index in [4.69, 9.17) is 0 Å². The van der Waals surface area contributed by atoms with Gasteiger partial charge in [0.2, 0.25) is 5.78 Å². The summed E-state index contributed by atoms with van der Waals surface area (Å²) in [5.41, 5.74) is 3.73. The van der Waals surface area contributed by atoms with Crippen molar-refractivity contribution in [1.82, 2.24) is 9.55 Å². The number of rotatable bonds is 4. The third-order valence-electron chi connectivity index (χ3n) is 4.46. The quantitative estimate of drug-likeness (QED) is 0.562. The van der Waals surface area contributed by atoms with Crippen LogP contribution in [0.25, 0.3) is 10.9 Å². The average Bonchev–Trinajstić information content (AvgIpc) is 3.09. The smallest absolute Gasteiger partial charge is 0.213 e. The fraction of sp³-hybridized carbons (Fsp3) is 0.0909. The Hall–Kier alpha value is -3.40. The molecule has 2 aromatic carbocycles. The van der Waals surface area contributed by atoms with Crippen molar-refractivity contribution in [3.63, 3.8) is 0 Å². The fourth-order valence-electron chi connectivity index (χ4n) is 3.13. The molecule has 0 aliphatic carbocycles. The monoisotopic (exact) mass is 342 g/mol. The van der Waals surface area contributed by atoms with E-state index in [1.165, 1.54) is 0 Å². The molecule has 128 valence electrons. The van der Waals surface area contributed by atoms with Crippen molar-refractivity contribution in [2.45, 2.75) is 13.5 Å². The highest BCUT2D eigenvalue weighted by molar-refractivity contribution is 6.09. The topological polar surface area (TPSA) is 55.1 Å². The summed E-state index contributed by atoms with van der Waals surface area (Å²) in [5, 5.41) is 11.2. The molecule has 0 atom stereocenters. The second-order valence-corrected chi connectivity index (χ2v) is 6.41. The number of hydrogen-bond acceptors (Lipinski definition) is 3. The van der Waals surface area contributed by atoms with Gasteiger partial charge in [-0.25, -0.2) is 0 Å². The highest BCUT2D eigenvalue weighted by atomic mass is 16.3. The Bertz CT molecular complexity index is 1110. The third-order valence-corrected chi connectivity index (χ3v) is 4.46. The van der Waals surface area contributed by atoms with E-state index < -0.39 is 0 Å². The molecule has 0 spiro atoms. The number of carbonyl (C=O) groups excluding carboxylic acids is 1. The Labute approximate surface area is 151 Å². The number of aryl methyl sites for hydroxylation is 1. The van der Waals surface area contributed by atoms with Gasteiger partial charge in [0.25, 0.3) is 0 Å². The summed E-state index contributed by atoms with van der Waals surface area (Å²) in [6, 6.07) is 18.7. The van der Waals surface area contributed by atoms with E-state index >= 15 is 0 Å². The number of hydrogen-bond donors (Lipinski definition) is 1. The van der Waals surface area contributed by atoms with Gasteiger partial charge in [0.15, 0.2) is 0 Å². The predicted molar refractivity (Wildman–Crippen MR) is 102 cm³/mol. The third kappa shape index (κ3) is 2.97. The average molecular weight is 342 g/mol. The Morgan fingerprint density at radius 3 is 2.77 bits per heavy atom. The number of fused-ring (bicyclic) bond motifs is 1. The van der Waals surface area contributed by atoms with Crippen molar-refractivity contribution in [2.75, 3.05) is 0 Å². The largest absolute Gasteiger partial charge is 0.507 e. The number of nitrogens with zero attached hydrogens (tertiary/aromatic N) is 2. The maximum absolute atomic E-state index is 12.9. The summed E-state index contributed by atoms with van der Waals surface area (Å²) >= 11 is 0. The second kappa shape index (κ2) is 6.48. The van der Waals surface area contributed by atoms with Crippen molar-refractivity contribution >= 4 is 16.7 Å². The van der Waals surface area contributed by atoms with Crippen LogP contribution in [-0.2, 0) is 6.54 Å². The van der Waals surface area contributed by atoms with Crippen molar-refractivity contribution in [3.8, 4) is 5.75 Å². The minimum absolute atomic E-state index is 0.00937. The molecule has 0 saturated carbocycles. The number of phenolic OH excluding ortho intramolecular Hbond substituents is 1. The van der Waals surface area contributed by atoms with E-state index in [1.807, 2.05) is 60.3 Å². The first-order valence-electron chi connectivity index (χ1n) is 8.45. The molecular formula is C22H18N2O2. The lowest BCUT2D eigenvalue weighted by molar-refractivity contribution is 0.102. The van der Waals surface area contributed by atoms with Gasteiger partial charge in [-0.2, -0.15) is 0 Å².